The third kappa shape index (κ3) is 11.3. The maximum absolute atomic E-state index is 14.3. The Bertz CT molecular complexity index is 1390. The highest BCUT2D eigenvalue weighted by atomic mass is 16.7. The lowest BCUT2D eigenvalue weighted by atomic mass is 9.77. The molecule has 3 aliphatic rings. The van der Waals surface area contributed by atoms with Crippen molar-refractivity contribution >= 4 is 11.9 Å². The molecule has 0 radical (unpaired) electrons. The lowest BCUT2D eigenvalue weighted by Gasteiger charge is -2.50. The molecule has 0 bridgehead atoms. The summed E-state index contributed by atoms with van der Waals surface area (Å²) in [7, 11) is 6.73. The van der Waals surface area contributed by atoms with Gasteiger partial charge >= 0.3 is 11.9 Å². The zero-order valence-corrected chi connectivity index (χ0v) is 37.2. The van der Waals surface area contributed by atoms with Crippen molar-refractivity contribution < 1.29 is 68.3 Å². The molecule has 336 valence electrons. The van der Waals surface area contributed by atoms with E-state index in [4.69, 9.17) is 39.6 Å². The van der Waals surface area contributed by atoms with Crippen LogP contribution < -0.4 is 0 Å². The summed E-state index contributed by atoms with van der Waals surface area (Å²) in [6, 6.07) is -1.40. The zero-order valence-electron chi connectivity index (χ0n) is 37.2. The molecule has 3 saturated heterocycles. The van der Waals surface area contributed by atoms with Crippen molar-refractivity contribution in [3.05, 3.63) is 0 Å². The fourth-order valence-electron chi connectivity index (χ4n) is 9.24. The minimum Gasteiger partial charge on any atom is -0.459 e. The molecule has 0 aromatic carbocycles. The van der Waals surface area contributed by atoms with Crippen molar-refractivity contribution in [1.82, 2.24) is 9.80 Å². The molecule has 19 atom stereocenters. The van der Waals surface area contributed by atoms with Crippen molar-refractivity contribution in [2.24, 2.45) is 17.8 Å². The third-order valence-electron chi connectivity index (χ3n) is 12.8. The third-order valence-corrected chi connectivity index (χ3v) is 12.8. The largest absolute Gasteiger partial charge is 0.459 e. The average Bonchev–Trinajstić information content (AvgIpc) is 3.13. The summed E-state index contributed by atoms with van der Waals surface area (Å²) in [6.07, 6.45) is -6.47. The molecule has 0 aliphatic carbocycles. The number of terminal acetylenes is 1. The van der Waals surface area contributed by atoms with Gasteiger partial charge in [0.2, 0.25) is 0 Å². The number of esters is 2. The zero-order chi connectivity index (χ0) is 44.2. The molecule has 3 aliphatic heterocycles. The van der Waals surface area contributed by atoms with Gasteiger partial charge in [-0.1, -0.05) is 26.7 Å². The summed E-state index contributed by atoms with van der Waals surface area (Å²) in [5, 5.41) is 58.8. The molecule has 16 heteroatoms. The van der Waals surface area contributed by atoms with Gasteiger partial charge in [-0.25, -0.2) is 0 Å². The van der Waals surface area contributed by atoms with Crippen molar-refractivity contribution in [2.75, 3.05) is 34.8 Å². The lowest BCUT2D eigenvalue weighted by molar-refractivity contribution is -0.327. The van der Waals surface area contributed by atoms with Gasteiger partial charge in [0.25, 0.3) is 0 Å². The number of carbonyl (C=O) groups is 2. The molecule has 0 aromatic heterocycles. The number of carbonyl (C=O) groups excluding carboxylic acids is 2. The van der Waals surface area contributed by atoms with Crippen LogP contribution in [0.15, 0.2) is 0 Å². The second-order valence-electron chi connectivity index (χ2n) is 18.1. The second kappa shape index (κ2) is 20.3. The van der Waals surface area contributed by atoms with Gasteiger partial charge in [-0.3, -0.25) is 9.59 Å². The van der Waals surface area contributed by atoms with E-state index in [2.05, 4.69) is 5.92 Å². The Morgan fingerprint density at radius 3 is 2.14 bits per heavy atom. The van der Waals surface area contributed by atoms with E-state index in [1.54, 1.807) is 81.4 Å². The van der Waals surface area contributed by atoms with Gasteiger partial charge in [0.1, 0.15) is 42.5 Å². The number of likely N-dealkylation sites (N-methyl/N-ethyl adjacent to an activating group) is 2. The maximum Gasteiger partial charge on any atom is 0.318 e. The van der Waals surface area contributed by atoms with Crippen molar-refractivity contribution in [3.63, 3.8) is 0 Å². The van der Waals surface area contributed by atoms with E-state index in [1.165, 1.54) is 14.0 Å². The standard InChI is InChI=1S/C42H74N2O14/c1-16-18-29(45)56-34-26(7)54-39(32(46)31(34)43(12)13)58-37-23(4)33(57-30-20-41(10,52-15)36(48)27(8)53-30)24(5)38(49)55-28(17-2)42(11,51)35(47)25(6)44(14)21-22(3)19-40(37,9)50/h1,22-28,30-37,39,46-48,50-51H,17-21H2,2-15H3/t22-,23+,24-,25-,26-,27+,28-,30+,31-,32-,33+,34-,35-,36+,37-,39+,40-,41-,42-/m1/s1. The molecule has 3 fully saturated rings. The number of nitrogens with zero attached hydrogens (tertiary/aromatic N) is 2. The number of aliphatic hydroxyl groups excluding tert-OH is 3. The number of aliphatic hydroxyl groups is 5. The summed E-state index contributed by atoms with van der Waals surface area (Å²) in [5.41, 5.74) is -4.60. The Balaban J connectivity index is 2.19. The van der Waals surface area contributed by atoms with E-state index in [1.807, 2.05) is 11.8 Å². The maximum atomic E-state index is 14.3. The number of hydrogen-bond donors (Lipinski definition) is 5. The minimum absolute atomic E-state index is 0.0773. The van der Waals surface area contributed by atoms with Crippen LogP contribution in [0.4, 0.5) is 0 Å². The Morgan fingerprint density at radius 1 is 0.966 bits per heavy atom. The first-order valence-electron chi connectivity index (χ1n) is 20.6. The van der Waals surface area contributed by atoms with E-state index in [0.717, 1.165) is 0 Å². The van der Waals surface area contributed by atoms with E-state index in [-0.39, 0.29) is 31.6 Å². The molecule has 0 spiro atoms. The first-order valence-corrected chi connectivity index (χ1v) is 20.6. The Hall–Kier alpha value is -1.98. The van der Waals surface area contributed by atoms with Crippen molar-refractivity contribution in [1.29, 1.82) is 0 Å². The van der Waals surface area contributed by atoms with Gasteiger partial charge in [0, 0.05) is 32.0 Å². The van der Waals surface area contributed by atoms with E-state index in [0.29, 0.717) is 6.54 Å². The normalized spacial score (nSPS) is 46.7. The van der Waals surface area contributed by atoms with Crippen LogP contribution in [0.25, 0.3) is 0 Å². The van der Waals surface area contributed by atoms with Crippen LogP contribution in [0.5, 0.6) is 0 Å². The van der Waals surface area contributed by atoms with E-state index in [9.17, 15) is 35.1 Å². The van der Waals surface area contributed by atoms with Crippen molar-refractivity contribution in [2.45, 2.75) is 191 Å². The van der Waals surface area contributed by atoms with Crippen LogP contribution in [0.3, 0.4) is 0 Å². The number of cyclic esters (lactones) is 1. The topological polar surface area (TPSA) is 206 Å². The molecule has 0 aromatic rings. The van der Waals surface area contributed by atoms with Crippen LogP contribution in [0.1, 0.15) is 94.9 Å². The van der Waals surface area contributed by atoms with Gasteiger partial charge in [-0.15, -0.1) is 6.42 Å². The van der Waals surface area contributed by atoms with E-state index < -0.39 is 120 Å². The minimum atomic E-state index is -1.85. The van der Waals surface area contributed by atoms with Crippen LogP contribution in [0.2, 0.25) is 0 Å². The predicted molar refractivity (Wildman–Crippen MR) is 213 cm³/mol. The summed E-state index contributed by atoms with van der Waals surface area (Å²) in [6.45, 7) is 17.4. The number of hydrogen-bond acceptors (Lipinski definition) is 16. The molecule has 58 heavy (non-hydrogen) atoms. The fraction of sp³-hybridized carbons (Fsp3) is 0.905. The number of rotatable bonds is 9. The highest BCUT2D eigenvalue weighted by Gasteiger charge is 2.54. The molecule has 0 unspecified atom stereocenters. The monoisotopic (exact) mass is 831 g/mol. The van der Waals surface area contributed by atoms with Crippen LogP contribution in [-0.2, 0) is 42.7 Å². The molecule has 3 heterocycles. The summed E-state index contributed by atoms with van der Waals surface area (Å²) >= 11 is 0. The summed E-state index contributed by atoms with van der Waals surface area (Å²) in [4.78, 5) is 30.4. The van der Waals surface area contributed by atoms with Gasteiger partial charge in [0.05, 0.1) is 47.6 Å². The Kier molecular flexibility index (Phi) is 17.6. The number of ether oxygens (including phenoxy) is 7. The smallest absolute Gasteiger partial charge is 0.318 e. The Labute approximate surface area is 345 Å². The van der Waals surface area contributed by atoms with Gasteiger partial charge < -0.3 is 68.5 Å². The average molecular weight is 831 g/mol. The van der Waals surface area contributed by atoms with Crippen LogP contribution in [-0.4, -0.2) is 178 Å². The van der Waals surface area contributed by atoms with Gasteiger partial charge in [-0.05, 0) is 88.4 Å². The summed E-state index contributed by atoms with van der Waals surface area (Å²) < 4.78 is 43.3. The van der Waals surface area contributed by atoms with Crippen molar-refractivity contribution in [3.8, 4) is 12.3 Å². The Morgan fingerprint density at radius 2 is 1.59 bits per heavy atom. The summed E-state index contributed by atoms with van der Waals surface area (Å²) in [5.74, 6) is -1.31. The lowest BCUT2D eigenvalue weighted by Crippen LogP contribution is -2.65. The van der Waals surface area contributed by atoms with Crippen LogP contribution >= 0.6 is 0 Å². The molecular weight excluding hydrogens is 756 g/mol. The molecule has 16 nitrogen and oxygen atoms in total. The van der Waals surface area contributed by atoms with E-state index >= 15 is 0 Å². The second-order valence-corrected chi connectivity index (χ2v) is 18.1. The molecule has 3 rings (SSSR count). The first kappa shape index (κ1) is 50.4. The fourth-order valence-corrected chi connectivity index (χ4v) is 9.24. The highest BCUT2D eigenvalue weighted by molar-refractivity contribution is 5.73. The highest BCUT2D eigenvalue weighted by Crippen LogP contribution is 2.40. The van der Waals surface area contributed by atoms with Gasteiger partial charge in [0.15, 0.2) is 12.6 Å². The quantitative estimate of drug-likeness (QED) is 0.165. The SMILES string of the molecule is C#CCC(=O)O[C@H]1[C@H](N(C)C)[C@@H](O)[C@H](O[C@@H]2[C@@H](C)[C@H](O[C@H]3C[C@@](C)(OC)[C@@H](O)[C@H](C)O3)[C@@H](C)C(=O)O[C@H](CC)[C@@](C)(O)[C@H](O)[C@@H](C)N(C)C[C@H](C)C[C@@]2(C)O)O[C@@H]1C. The molecule has 5 N–H and O–H groups in total. The molecule has 0 saturated carbocycles. The number of methoxy groups -OCH3 is 1. The molecular formula is C42H74N2O14. The predicted octanol–water partition coefficient (Wildman–Crippen LogP) is 1.45. The first-order chi connectivity index (χ1) is 26.8. The van der Waals surface area contributed by atoms with Gasteiger partial charge in [-0.2, -0.15) is 0 Å². The van der Waals surface area contributed by atoms with Crippen LogP contribution in [0, 0.1) is 30.1 Å². The molecule has 0 amide bonds.